The van der Waals surface area contributed by atoms with Gasteiger partial charge in [0, 0.05) is 11.6 Å². The number of hydrogen-bond acceptors (Lipinski definition) is 5. The molecule has 0 bridgehead atoms. The van der Waals surface area contributed by atoms with Gasteiger partial charge in [0.2, 0.25) is 0 Å². The number of ether oxygens (including phenoxy) is 1. The molecule has 0 fully saturated rings. The second-order valence-corrected chi connectivity index (χ2v) is 6.24. The molecule has 0 heterocycles. The van der Waals surface area contributed by atoms with Crippen LogP contribution in [0.15, 0.2) is 48.5 Å². The quantitative estimate of drug-likeness (QED) is 0.309. The lowest BCUT2D eigenvalue weighted by molar-refractivity contribution is -0.398. The summed E-state index contributed by atoms with van der Waals surface area (Å²) < 4.78 is 5.60. The number of carbonyl (C=O) groups is 1. The minimum atomic E-state index is -0.737. The number of hydrogen-bond donors (Lipinski definition) is 0. The fraction of sp³-hybridized carbons (Fsp3) is 0.250. The summed E-state index contributed by atoms with van der Waals surface area (Å²) in [7, 11) is 0. The molecule has 0 atom stereocenters. The Kier molecular flexibility index (Phi) is 6.49. The molecule has 0 N–H and O–H groups in total. The van der Waals surface area contributed by atoms with Crippen molar-refractivity contribution >= 4 is 17.5 Å². The minimum absolute atomic E-state index is 0.243. The van der Waals surface area contributed by atoms with Crippen LogP contribution >= 0.6 is 0 Å². The molecular formula is C20H20NO5-. The molecular weight excluding hydrogens is 334 g/mol. The third-order valence-electron chi connectivity index (χ3n) is 3.71. The van der Waals surface area contributed by atoms with Gasteiger partial charge in [0.1, 0.15) is 5.75 Å². The lowest BCUT2D eigenvalue weighted by Crippen LogP contribution is -2.01. The molecule has 2 aromatic rings. The van der Waals surface area contributed by atoms with E-state index in [1.807, 2.05) is 0 Å². The highest BCUT2D eigenvalue weighted by molar-refractivity contribution is 6.06. The first-order chi connectivity index (χ1) is 12.4. The normalized spacial score (nSPS) is 11.0. The van der Waals surface area contributed by atoms with Crippen molar-refractivity contribution < 1.29 is 19.6 Å². The van der Waals surface area contributed by atoms with E-state index in [1.54, 1.807) is 24.3 Å². The number of allylic oxidation sites excluding steroid dienone is 1. The van der Waals surface area contributed by atoms with Crippen LogP contribution in [0.5, 0.6) is 11.5 Å². The second kappa shape index (κ2) is 8.80. The maximum atomic E-state index is 12.2. The van der Waals surface area contributed by atoms with E-state index < -0.39 is 16.4 Å². The van der Waals surface area contributed by atoms with Gasteiger partial charge >= 0.3 is 0 Å². The van der Waals surface area contributed by atoms with Gasteiger partial charge in [0.15, 0.2) is 5.78 Å². The maximum Gasteiger partial charge on any atom is 0.262 e. The van der Waals surface area contributed by atoms with Crippen molar-refractivity contribution in [2.75, 3.05) is 6.61 Å². The Bertz CT molecular complexity index is 809. The van der Waals surface area contributed by atoms with E-state index in [4.69, 9.17) is 4.74 Å². The van der Waals surface area contributed by atoms with E-state index >= 15 is 0 Å². The van der Waals surface area contributed by atoms with Crippen molar-refractivity contribution in [3.63, 3.8) is 0 Å². The summed E-state index contributed by atoms with van der Waals surface area (Å²) in [6, 6.07) is 10.5. The Balaban J connectivity index is 2.02. The Morgan fingerprint density at radius 1 is 1.19 bits per heavy atom. The summed E-state index contributed by atoms with van der Waals surface area (Å²) in [6.45, 7) is 4.87. The average molecular weight is 354 g/mol. The summed E-state index contributed by atoms with van der Waals surface area (Å²) in [5.74, 6) is 0.361. The number of carbonyl (C=O) groups excluding carboxylic acids is 1. The smallest absolute Gasteiger partial charge is 0.262 e. The molecule has 0 aromatic heterocycles. The van der Waals surface area contributed by atoms with E-state index in [9.17, 15) is 20.0 Å². The van der Waals surface area contributed by atoms with Crippen molar-refractivity contribution in [2.45, 2.75) is 20.3 Å². The van der Waals surface area contributed by atoms with Gasteiger partial charge in [0.25, 0.3) is 5.69 Å². The van der Waals surface area contributed by atoms with Crippen LogP contribution in [0.1, 0.15) is 36.2 Å². The van der Waals surface area contributed by atoms with Crippen LogP contribution < -0.4 is 9.84 Å². The largest absolute Gasteiger partial charge is 0.868 e. The van der Waals surface area contributed by atoms with Gasteiger partial charge < -0.3 is 9.84 Å². The highest BCUT2D eigenvalue weighted by Crippen LogP contribution is 2.24. The summed E-state index contributed by atoms with van der Waals surface area (Å²) in [5.41, 5.74) is 0.383. The number of rotatable bonds is 8. The van der Waals surface area contributed by atoms with Crippen LogP contribution in [0.4, 0.5) is 5.69 Å². The predicted molar refractivity (Wildman–Crippen MR) is 97.3 cm³/mol. The molecule has 0 aliphatic heterocycles. The second-order valence-electron chi connectivity index (χ2n) is 6.24. The van der Waals surface area contributed by atoms with Crippen LogP contribution in [-0.2, 0) is 0 Å². The van der Waals surface area contributed by atoms with Crippen LogP contribution in [0.2, 0.25) is 0 Å². The molecule has 0 saturated heterocycles. The Hall–Kier alpha value is -3.15. The first-order valence-electron chi connectivity index (χ1n) is 8.27. The first kappa shape index (κ1) is 19.2. The van der Waals surface area contributed by atoms with Crippen molar-refractivity contribution in [1.29, 1.82) is 0 Å². The molecule has 2 rings (SSSR count). The number of nitro benzene ring substituents is 1. The molecule has 6 heteroatoms. The SMILES string of the molecule is CC(C)CCOc1ccc(C(=O)/C=C/c2ccc([O-])c([N+](=O)[O-])c2)cc1. The molecule has 0 saturated carbocycles. The molecule has 6 nitrogen and oxygen atoms in total. The standard InChI is InChI=1S/C20H21NO5/c1-14(2)11-12-26-17-7-5-16(6-8-17)19(22)9-3-15-4-10-20(23)18(13-15)21(24)25/h3-10,13-14,23H,11-12H2,1-2H3/p-1/b9-3+. The zero-order chi connectivity index (χ0) is 19.1. The fourth-order valence-electron chi connectivity index (χ4n) is 2.18. The Labute approximate surface area is 151 Å². The molecule has 136 valence electrons. The van der Waals surface area contributed by atoms with Crippen LogP contribution in [-0.4, -0.2) is 17.3 Å². The van der Waals surface area contributed by atoms with Gasteiger partial charge in [-0.2, -0.15) is 0 Å². The zero-order valence-corrected chi connectivity index (χ0v) is 14.7. The Morgan fingerprint density at radius 3 is 2.50 bits per heavy atom. The molecule has 0 radical (unpaired) electrons. The summed E-state index contributed by atoms with van der Waals surface area (Å²) in [6.07, 6.45) is 3.72. The summed E-state index contributed by atoms with van der Waals surface area (Å²) >= 11 is 0. The third-order valence-corrected chi connectivity index (χ3v) is 3.71. The predicted octanol–water partition coefficient (Wildman–Crippen LogP) is 3.99. The lowest BCUT2D eigenvalue weighted by atomic mass is 10.1. The van der Waals surface area contributed by atoms with Gasteiger partial charge in [-0.25, -0.2) is 0 Å². The summed E-state index contributed by atoms with van der Waals surface area (Å²) in [4.78, 5) is 22.2. The minimum Gasteiger partial charge on any atom is -0.868 e. The number of benzene rings is 2. The highest BCUT2D eigenvalue weighted by atomic mass is 16.6. The van der Waals surface area contributed by atoms with Gasteiger partial charge in [-0.3, -0.25) is 14.9 Å². The number of nitro groups is 1. The first-order valence-corrected chi connectivity index (χ1v) is 8.27. The Morgan fingerprint density at radius 2 is 1.88 bits per heavy atom. The molecule has 0 aliphatic rings. The molecule has 0 unspecified atom stereocenters. The van der Waals surface area contributed by atoms with Crippen molar-refractivity contribution in [1.82, 2.24) is 0 Å². The van der Waals surface area contributed by atoms with E-state index in [2.05, 4.69) is 13.8 Å². The zero-order valence-electron chi connectivity index (χ0n) is 14.7. The molecule has 2 aromatic carbocycles. The van der Waals surface area contributed by atoms with E-state index in [0.717, 1.165) is 18.6 Å². The van der Waals surface area contributed by atoms with Crippen molar-refractivity contribution in [3.8, 4) is 11.5 Å². The molecule has 26 heavy (non-hydrogen) atoms. The highest BCUT2D eigenvalue weighted by Gasteiger charge is 2.07. The van der Waals surface area contributed by atoms with Crippen LogP contribution in [0, 0.1) is 16.0 Å². The molecule has 0 spiro atoms. The van der Waals surface area contributed by atoms with Gasteiger partial charge in [0.05, 0.1) is 11.5 Å². The third kappa shape index (κ3) is 5.44. The van der Waals surface area contributed by atoms with Gasteiger partial charge in [-0.1, -0.05) is 32.1 Å². The van der Waals surface area contributed by atoms with Gasteiger partial charge in [-0.05, 0) is 54.0 Å². The van der Waals surface area contributed by atoms with E-state index in [0.29, 0.717) is 29.4 Å². The molecule has 0 amide bonds. The fourth-order valence-corrected chi connectivity index (χ4v) is 2.18. The van der Waals surface area contributed by atoms with E-state index in [-0.39, 0.29) is 5.78 Å². The van der Waals surface area contributed by atoms with Crippen LogP contribution in [0.3, 0.4) is 0 Å². The average Bonchev–Trinajstić information content (AvgIpc) is 2.60. The lowest BCUT2D eigenvalue weighted by Gasteiger charge is -2.08. The summed E-state index contributed by atoms with van der Waals surface area (Å²) in [5, 5.41) is 22.2. The topological polar surface area (TPSA) is 92.5 Å². The van der Waals surface area contributed by atoms with Crippen molar-refractivity contribution in [2.24, 2.45) is 5.92 Å². The molecule has 0 aliphatic carbocycles. The van der Waals surface area contributed by atoms with Crippen LogP contribution in [0.25, 0.3) is 6.08 Å². The van der Waals surface area contributed by atoms with Gasteiger partial charge in [-0.15, -0.1) is 0 Å². The maximum absolute atomic E-state index is 12.2. The van der Waals surface area contributed by atoms with Crippen molar-refractivity contribution in [3.05, 3.63) is 69.8 Å². The number of nitrogens with zero attached hydrogens (tertiary/aromatic N) is 1. The van der Waals surface area contributed by atoms with E-state index in [1.165, 1.54) is 18.2 Å². The monoisotopic (exact) mass is 354 g/mol. The number of ketones is 1.